The Morgan fingerprint density at radius 2 is 2.07 bits per heavy atom. The van der Waals surface area contributed by atoms with Crippen LogP contribution >= 0.6 is 15.9 Å². The molecule has 0 aliphatic rings. The SMILES string of the molecule is C=C[C@@H](CCCCC)OC(CBr)OCC. The molecule has 0 N–H and O–H groups in total. The van der Waals surface area contributed by atoms with Crippen LogP contribution in [0.5, 0.6) is 0 Å². The molecular weight excluding hydrogens is 256 g/mol. The first kappa shape index (κ1) is 15.1. The summed E-state index contributed by atoms with van der Waals surface area (Å²) in [5.41, 5.74) is 0. The first-order valence-electron chi connectivity index (χ1n) is 5.74. The number of rotatable bonds is 10. The van der Waals surface area contributed by atoms with Gasteiger partial charge in [0.05, 0.1) is 11.4 Å². The predicted octanol–water partition coefficient (Wildman–Crippen LogP) is 3.90. The van der Waals surface area contributed by atoms with Gasteiger partial charge in [-0.25, -0.2) is 0 Å². The number of alkyl halides is 1. The van der Waals surface area contributed by atoms with Gasteiger partial charge in [0.15, 0.2) is 6.29 Å². The van der Waals surface area contributed by atoms with Crippen molar-refractivity contribution in [3.63, 3.8) is 0 Å². The van der Waals surface area contributed by atoms with Gasteiger partial charge in [-0.2, -0.15) is 0 Å². The molecule has 90 valence electrons. The molecule has 0 rings (SSSR count). The van der Waals surface area contributed by atoms with Crippen molar-refractivity contribution >= 4 is 15.9 Å². The first-order valence-corrected chi connectivity index (χ1v) is 6.86. The van der Waals surface area contributed by atoms with E-state index in [2.05, 4.69) is 29.4 Å². The molecule has 0 aromatic rings. The molecule has 2 atom stereocenters. The van der Waals surface area contributed by atoms with Crippen LogP contribution in [0.2, 0.25) is 0 Å². The fraction of sp³-hybridized carbons (Fsp3) is 0.833. The molecule has 0 heterocycles. The van der Waals surface area contributed by atoms with Gasteiger partial charge in [-0.15, -0.1) is 6.58 Å². The van der Waals surface area contributed by atoms with Gasteiger partial charge in [0.25, 0.3) is 0 Å². The average Bonchev–Trinajstić information content (AvgIpc) is 2.26. The molecular formula is C12H23BrO2. The molecule has 0 saturated heterocycles. The second kappa shape index (κ2) is 10.7. The van der Waals surface area contributed by atoms with Crippen LogP contribution in [-0.2, 0) is 9.47 Å². The largest absolute Gasteiger partial charge is 0.352 e. The third-order valence-electron chi connectivity index (χ3n) is 2.16. The van der Waals surface area contributed by atoms with Gasteiger partial charge in [-0.1, -0.05) is 48.2 Å². The summed E-state index contributed by atoms with van der Waals surface area (Å²) in [6.07, 6.45) is 6.54. The van der Waals surface area contributed by atoms with E-state index in [1.807, 2.05) is 13.0 Å². The van der Waals surface area contributed by atoms with Crippen LogP contribution in [0.15, 0.2) is 12.7 Å². The van der Waals surface area contributed by atoms with Crippen LogP contribution in [0.25, 0.3) is 0 Å². The van der Waals surface area contributed by atoms with E-state index < -0.39 is 0 Å². The molecule has 0 aliphatic heterocycles. The zero-order chi connectivity index (χ0) is 11.5. The summed E-state index contributed by atoms with van der Waals surface area (Å²) < 4.78 is 11.2. The molecule has 0 fully saturated rings. The molecule has 0 aromatic carbocycles. The number of unbranched alkanes of at least 4 members (excludes halogenated alkanes) is 2. The molecule has 1 unspecified atom stereocenters. The van der Waals surface area contributed by atoms with Crippen LogP contribution in [0, 0.1) is 0 Å². The van der Waals surface area contributed by atoms with Crippen molar-refractivity contribution in [2.75, 3.05) is 11.9 Å². The van der Waals surface area contributed by atoms with Crippen LogP contribution < -0.4 is 0 Å². The van der Waals surface area contributed by atoms with Crippen molar-refractivity contribution in [3.05, 3.63) is 12.7 Å². The van der Waals surface area contributed by atoms with Gasteiger partial charge in [0.1, 0.15) is 0 Å². The van der Waals surface area contributed by atoms with Gasteiger partial charge >= 0.3 is 0 Å². The molecule has 15 heavy (non-hydrogen) atoms. The summed E-state index contributed by atoms with van der Waals surface area (Å²) >= 11 is 3.37. The normalized spacial score (nSPS) is 14.9. The standard InChI is InChI=1S/C12H23BrO2/c1-4-7-8-9-11(5-2)15-12(10-13)14-6-3/h5,11-12H,2,4,6-10H2,1,3H3/t11-,12?/m0/s1. The Labute approximate surface area is 102 Å². The van der Waals surface area contributed by atoms with E-state index in [1.165, 1.54) is 19.3 Å². The summed E-state index contributed by atoms with van der Waals surface area (Å²) in [4.78, 5) is 0. The zero-order valence-corrected chi connectivity index (χ0v) is 11.5. The molecule has 0 saturated carbocycles. The summed E-state index contributed by atoms with van der Waals surface area (Å²) in [5.74, 6) is 0. The number of halogens is 1. The van der Waals surface area contributed by atoms with Gasteiger partial charge < -0.3 is 9.47 Å². The topological polar surface area (TPSA) is 18.5 Å². The number of hydrogen-bond donors (Lipinski definition) is 0. The highest BCUT2D eigenvalue weighted by atomic mass is 79.9. The Bertz CT molecular complexity index is 151. The monoisotopic (exact) mass is 278 g/mol. The Kier molecular flexibility index (Phi) is 10.8. The van der Waals surface area contributed by atoms with Crippen LogP contribution in [0.1, 0.15) is 39.5 Å². The Hall–Kier alpha value is 0.140. The highest BCUT2D eigenvalue weighted by molar-refractivity contribution is 9.09. The van der Waals surface area contributed by atoms with Crippen molar-refractivity contribution in [1.82, 2.24) is 0 Å². The smallest absolute Gasteiger partial charge is 0.167 e. The van der Waals surface area contributed by atoms with Crippen molar-refractivity contribution in [2.24, 2.45) is 0 Å². The molecule has 3 heteroatoms. The van der Waals surface area contributed by atoms with Gasteiger partial charge in [-0.3, -0.25) is 0 Å². The lowest BCUT2D eigenvalue weighted by Crippen LogP contribution is -2.24. The highest BCUT2D eigenvalue weighted by Crippen LogP contribution is 2.12. The fourth-order valence-electron chi connectivity index (χ4n) is 1.34. The van der Waals surface area contributed by atoms with Crippen molar-refractivity contribution < 1.29 is 9.47 Å². The first-order chi connectivity index (χ1) is 7.28. The van der Waals surface area contributed by atoms with Crippen molar-refractivity contribution in [3.8, 4) is 0 Å². The molecule has 2 nitrogen and oxygen atoms in total. The fourth-order valence-corrected chi connectivity index (χ4v) is 1.68. The highest BCUT2D eigenvalue weighted by Gasteiger charge is 2.12. The summed E-state index contributed by atoms with van der Waals surface area (Å²) in [6.45, 7) is 8.64. The summed E-state index contributed by atoms with van der Waals surface area (Å²) in [5, 5.41) is 0.707. The van der Waals surface area contributed by atoms with E-state index in [-0.39, 0.29) is 12.4 Å². The Morgan fingerprint density at radius 3 is 2.53 bits per heavy atom. The quantitative estimate of drug-likeness (QED) is 0.261. The lowest BCUT2D eigenvalue weighted by Gasteiger charge is -2.21. The number of ether oxygens (including phenoxy) is 2. The molecule has 0 aliphatic carbocycles. The summed E-state index contributed by atoms with van der Waals surface area (Å²) in [6, 6.07) is 0. The minimum atomic E-state index is -0.153. The van der Waals surface area contributed by atoms with Crippen LogP contribution in [0.4, 0.5) is 0 Å². The third kappa shape index (κ3) is 8.00. The van der Waals surface area contributed by atoms with Crippen LogP contribution in [-0.4, -0.2) is 24.3 Å². The van der Waals surface area contributed by atoms with E-state index in [4.69, 9.17) is 9.47 Å². The van der Waals surface area contributed by atoms with E-state index in [9.17, 15) is 0 Å². The minimum Gasteiger partial charge on any atom is -0.352 e. The van der Waals surface area contributed by atoms with E-state index in [1.54, 1.807) is 0 Å². The maximum Gasteiger partial charge on any atom is 0.167 e. The minimum absolute atomic E-state index is 0.116. The molecule has 0 radical (unpaired) electrons. The van der Waals surface area contributed by atoms with Crippen molar-refractivity contribution in [2.45, 2.75) is 51.9 Å². The van der Waals surface area contributed by atoms with E-state index in [0.29, 0.717) is 11.9 Å². The molecule has 0 amide bonds. The third-order valence-corrected chi connectivity index (χ3v) is 2.69. The van der Waals surface area contributed by atoms with Gasteiger partial charge in [0, 0.05) is 6.61 Å². The van der Waals surface area contributed by atoms with Gasteiger partial charge in [0.2, 0.25) is 0 Å². The molecule has 0 bridgehead atoms. The predicted molar refractivity (Wildman–Crippen MR) is 68.4 cm³/mol. The zero-order valence-electron chi connectivity index (χ0n) is 9.88. The van der Waals surface area contributed by atoms with Crippen LogP contribution in [0.3, 0.4) is 0 Å². The second-order valence-electron chi connectivity index (χ2n) is 3.45. The maximum absolute atomic E-state index is 5.75. The lowest BCUT2D eigenvalue weighted by molar-refractivity contribution is -0.143. The number of hydrogen-bond acceptors (Lipinski definition) is 2. The van der Waals surface area contributed by atoms with Crippen molar-refractivity contribution in [1.29, 1.82) is 0 Å². The summed E-state index contributed by atoms with van der Waals surface area (Å²) in [7, 11) is 0. The lowest BCUT2D eigenvalue weighted by atomic mass is 10.1. The molecule has 0 spiro atoms. The van der Waals surface area contributed by atoms with Gasteiger partial charge in [-0.05, 0) is 13.3 Å². The molecule has 0 aromatic heterocycles. The maximum atomic E-state index is 5.75. The Morgan fingerprint density at radius 1 is 1.33 bits per heavy atom. The van der Waals surface area contributed by atoms with E-state index in [0.717, 1.165) is 6.42 Å². The van der Waals surface area contributed by atoms with E-state index >= 15 is 0 Å². The average molecular weight is 279 g/mol. The Balaban J connectivity index is 3.78. The second-order valence-corrected chi connectivity index (χ2v) is 4.09.